The molecule has 0 aliphatic carbocycles. The number of nitrogens with one attached hydrogen (secondary N) is 1. The van der Waals surface area contributed by atoms with Gasteiger partial charge >= 0.3 is 6.03 Å². The van der Waals surface area contributed by atoms with Crippen molar-refractivity contribution in [3.05, 3.63) is 0 Å². The van der Waals surface area contributed by atoms with Crippen LogP contribution < -0.4 is 5.32 Å². The minimum Gasteiger partial charge on any atom is -0.391 e. The van der Waals surface area contributed by atoms with E-state index in [1.54, 1.807) is 7.05 Å². The van der Waals surface area contributed by atoms with Crippen LogP contribution in [0.4, 0.5) is 4.79 Å². The standard InChI is InChI=1S/C18H31ClN4O3S/c1-3-4-5-6-7-8-9-10-23-14-15(22(2)17(26)21-16(14)25)20-18(23)27-12-13(24)11-19/h13-15,24H,3-12H2,1-2H3,(H,21,25,26). The summed E-state index contributed by atoms with van der Waals surface area (Å²) in [5.74, 6) is 0.265. The van der Waals surface area contributed by atoms with Crippen LogP contribution in [0.2, 0.25) is 0 Å². The molecule has 3 atom stereocenters. The molecule has 0 radical (unpaired) electrons. The number of hydrogen-bond acceptors (Lipinski definition) is 6. The number of rotatable bonds is 11. The number of imide groups is 1. The molecular formula is C18H31ClN4O3S. The average molecular weight is 419 g/mol. The Morgan fingerprint density at radius 1 is 1.22 bits per heavy atom. The van der Waals surface area contributed by atoms with Gasteiger partial charge in [-0.05, 0) is 6.42 Å². The van der Waals surface area contributed by atoms with Crippen LogP contribution in [0.15, 0.2) is 4.99 Å². The van der Waals surface area contributed by atoms with E-state index in [0.717, 1.165) is 12.8 Å². The molecule has 2 heterocycles. The highest BCUT2D eigenvalue weighted by Crippen LogP contribution is 2.29. The molecule has 154 valence electrons. The van der Waals surface area contributed by atoms with Crippen molar-refractivity contribution in [1.29, 1.82) is 0 Å². The molecule has 0 saturated carbocycles. The Hall–Kier alpha value is -0.990. The number of carbonyl (C=O) groups is 2. The van der Waals surface area contributed by atoms with Crippen LogP contribution >= 0.6 is 23.4 Å². The van der Waals surface area contributed by atoms with Gasteiger partial charge in [0.25, 0.3) is 5.91 Å². The summed E-state index contributed by atoms with van der Waals surface area (Å²) in [4.78, 5) is 32.4. The highest BCUT2D eigenvalue weighted by atomic mass is 35.5. The fourth-order valence-corrected chi connectivity index (χ4v) is 4.56. The van der Waals surface area contributed by atoms with E-state index >= 15 is 0 Å². The number of aliphatic hydroxyl groups is 1. The second-order valence-corrected chi connectivity index (χ2v) is 8.41. The number of aliphatic imine (C=N–C) groups is 1. The summed E-state index contributed by atoms with van der Waals surface area (Å²) in [5, 5.41) is 12.9. The number of likely N-dealkylation sites (N-methyl/N-ethyl adjacent to an activating group) is 1. The first-order valence-electron chi connectivity index (χ1n) is 9.78. The second kappa shape index (κ2) is 11.1. The maximum atomic E-state index is 12.4. The predicted octanol–water partition coefficient (Wildman–Crippen LogP) is 2.62. The zero-order valence-electron chi connectivity index (χ0n) is 16.2. The molecule has 0 aromatic rings. The molecule has 0 spiro atoms. The Morgan fingerprint density at radius 3 is 2.56 bits per heavy atom. The Balaban J connectivity index is 1.96. The van der Waals surface area contributed by atoms with Gasteiger partial charge < -0.3 is 14.9 Å². The van der Waals surface area contributed by atoms with Crippen molar-refractivity contribution in [3.63, 3.8) is 0 Å². The summed E-state index contributed by atoms with van der Waals surface area (Å²) < 4.78 is 0. The van der Waals surface area contributed by atoms with Gasteiger partial charge in [-0.3, -0.25) is 10.1 Å². The number of nitrogens with zero attached hydrogens (tertiary/aromatic N) is 3. The van der Waals surface area contributed by atoms with Crippen LogP contribution in [0.3, 0.4) is 0 Å². The minimum absolute atomic E-state index is 0.157. The third-order valence-corrected chi connectivity index (χ3v) is 6.41. The predicted molar refractivity (Wildman–Crippen MR) is 110 cm³/mol. The van der Waals surface area contributed by atoms with Crippen molar-refractivity contribution in [2.45, 2.75) is 70.2 Å². The van der Waals surface area contributed by atoms with E-state index in [4.69, 9.17) is 11.6 Å². The summed E-state index contributed by atoms with van der Waals surface area (Å²) in [6.45, 7) is 2.92. The maximum absolute atomic E-state index is 12.4. The lowest BCUT2D eigenvalue weighted by Crippen LogP contribution is -2.63. The van der Waals surface area contributed by atoms with Gasteiger partial charge in [-0.1, -0.05) is 57.2 Å². The largest absolute Gasteiger partial charge is 0.391 e. The molecule has 3 unspecified atom stereocenters. The number of halogens is 1. The quantitative estimate of drug-likeness (QED) is 0.398. The SMILES string of the molecule is CCCCCCCCCN1C(SCC(O)CCl)=NC2C1C(=O)NC(=O)N2C. The fourth-order valence-electron chi connectivity index (χ4n) is 3.31. The van der Waals surface area contributed by atoms with E-state index < -0.39 is 24.3 Å². The van der Waals surface area contributed by atoms with Crippen molar-refractivity contribution in [2.24, 2.45) is 4.99 Å². The summed E-state index contributed by atoms with van der Waals surface area (Å²) in [7, 11) is 1.65. The van der Waals surface area contributed by atoms with E-state index in [2.05, 4.69) is 17.2 Å². The monoisotopic (exact) mass is 418 g/mol. The molecule has 0 aromatic carbocycles. The van der Waals surface area contributed by atoms with Gasteiger partial charge in [0, 0.05) is 25.2 Å². The van der Waals surface area contributed by atoms with Crippen LogP contribution in [0.5, 0.6) is 0 Å². The molecule has 7 nitrogen and oxygen atoms in total. The van der Waals surface area contributed by atoms with E-state index in [-0.39, 0.29) is 11.8 Å². The van der Waals surface area contributed by atoms with Gasteiger partial charge in [0.05, 0.1) is 6.10 Å². The minimum atomic E-state index is -0.629. The molecule has 0 bridgehead atoms. The first kappa shape index (κ1) is 22.3. The van der Waals surface area contributed by atoms with E-state index in [1.807, 2.05) is 4.90 Å². The van der Waals surface area contributed by atoms with Crippen molar-refractivity contribution in [2.75, 3.05) is 25.2 Å². The number of urea groups is 1. The number of hydrogen-bond donors (Lipinski definition) is 2. The van der Waals surface area contributed by atoms with Crippen molar-refractivity contribution in [3.8, 4) is 0 Å². The number of unbranched alkanes of at least 4 members (excludes halogenated alkanes) is 6. The molecule has 1 saturated heterocycles. The van der Waals surface area contributed by atoms with Crippen LogP contribution in [0, 0.1) is 0 Å². The number of carbonyl (C=O) groups excluding carboxylic acids is 2. The van der Waals surface area contributed by atoms with E-state index in [0.29, 0.717) is 17.5 Å². The number of amidine groups is 1. The Morgan fingerprint density at radius 2 is 1.89 bits per heavy atom. The number of thioether (sulfide) groups is 1. The zero-order chi connectivity index (χ0) is 19.8. The number of alkyl halides is 1. The molecular weight excluding hydrogens is 388 g/mol. The molecule has 1 fully saturated rings. The Labute approximate surface area is 170 Å². The molecule has 3 amide bonds. The number of fused-ring (bicyclic) bond motifs is 1. The topological polar surface area (TPSA) is 85.2 Å². The van der Waals surface area contributed by atoms with Gasteiger partial charge in [0.15, 0.2) is 17.4 Å². The maximum Gasteiger partial charge on any atom is 0.325 e. The lowest BCUT2D eigenvalue weighted by atomic mass is 10.1. The highest BCUT2D eigenvalue weighted by molar-refractivity contribution is 8.13. The summed E-state index contributed by atoms with van der Waals surface area (Å²) in [6.07, 6.45) is 7.18. The van der Waals surface area contributed by atoms with Gasteiger partial charge in [-0.2, -0.15) is 0 Å². The Kier molecular flexibility index (Phi) is 9.18. The summed E-state index contributed by atoms with van der Waals surface area (Å²) in [5.41, 5.74) is 0. The van der Waals surface area contributed by atoms with Gasteiger partial charge in [0.1, 0.15) is 0 Å². The molecule has 2 aliphatic rings. The molecule has 2 N–H and O–H groups in total. The van der Waals surface area contributed by atoms with E-state index in [1.165, 1.54) is 48.8 Å². The second-order valence-electron chi connectivity index (χ2n) is 7.11. The summed E-state index contributed by atoms with van der Waals surface area (Å²) in [6, 6.07) is -0.920. The van der Waals surface area contributed by atoms with Crippen LogP contribution in [-0.4, -0.2) is 75.5 Å². The van der Waals surface area contributed by atoms with Gasteiger partial charge in [-0.25, -0.2) is 9.79 Å². The lowest BCUT2D eigenvalue weighted by molar-refractivity contribution is -0.127. The van der Waals surface area contributed by atoms with Gasteiger partial charge in [-0.15, -0.1) is 11.6 Å². The number of amides is 3. The first-order valence-corrected chi connectivity index (χ1v) is 11.3. The van der Waals surface area contributed by atoms with Crippen molar-refractivity contribution in [1.82, 2.24) is 15.1 Å². The highest BCUT2D eigenvalue weighted by Gasteiger charge is 2.48. The summed E-state index contributed by atoms with van der Waals surface area (Å²) >= 11 is 7.08. The molecule has 2 rings (SSSR count). The smallest absolute Gasteiger partial charge is 0.325 e. The molecule has 9 heteroatoms. The molecule has 0 aromatic heterocycles. The third kappa shape index (κ3) is 5.99. The van der Waals surface area contributed by atoms with Gasteiger partial charge in [0.2, 0.25) is 0 Å². The fraction of sp³-hybridized carbons (Fsp3) is 0.833. The van der Waals surface area contributed by atoms with Crippen molar-refractivity contribution >= 4 is 40.5 Å². The van der Waals surface area contributed by atoms with Crippen LogP contribution in [-0.2, 0) is 4.79 Å². The van der Waals surface area contributed by atoms with Crippen LogP contribution in [0.1, 0.15) is 51.9 Å². The van der Waals surface area contributed by atoms with Crippen LogP contribution in [0.25, 0.3) is 0 Å². The average Bonchev–Trinajstić information content (AvgIpc) is 3.02. The first-order chi connectivity index (χ1) is 13.0. The number of aliphatic hydroxyl groups excluding tert-OH is 1. The zero-order valence-corrected chi connectivity index (χ0v) is 17.8. The molecule has 2 aliphatic heterocycles. The lowest BCUT2D eigenvalue weighted by Gasteiger charge is -2.36. The Bertz CT molecular complexity index is 549. The normalized spacial score (nSPS) is 23.3. The van der Waals surface area contributed by atoms with E-state index in [9.17, 15) is 14.7 Å². The van der Waals surface area contributed by atoms with Crippen molar-refractivity contribution < 1.29 is 14.7 Å². The third-order valence-electron chi connectivity index (χ3n) is 4.91. The molecule has 27 heavy (non-hydrogen) atoms.